The number of amides is 3. The fourth-order valence-electron chi connectivity index (χ4n) is 3.02. The minimum absolute atomic E-state index is 0.113. The molecule has 3 amide bonds. The molecule has 0 aromatic carbocycles. The molecule has 18 heavy (non-hydrogen) atoms. The summed E-state index contributed by atoms with van der Waals surface area (Å²) in [4.78, 5) is 36.4. The molecule has 0 radical (unpaired) electrons. The van der Waals surface area contributed by atoms with Gasteiger partial charge in [0, 0.05) is 13.1 Å². The monoisotopic (exact) mass is 253 g/mol. The van der Waals surface area contributed by atoms with Crippen LogP contribution in [0, 0.1) is 0 Å². The second-order valence-electron chi connectivity index (χ2n) is 4.87. The Labute approximate surface area is 106 Å². The molecule has 0 saturated carbocycles. The first-order valence-corrected chi connectivity index (χ1v) is 6.42. The predicted octanol–water partition coefficient (Wildman–Crippen LogP) is -0.609. The predicted molar refractivity (Wildman–Crippen MR) is 64.6 cm³/mol. The molecule has 0 aromatic rings. The summed E-state index contributed by atoms with van der Waals surface area (Å²) in [5, 5.41) is 5.17. The summed E-state index contributed by atoms with van der Waals surface area (Å²) in [6, 6.07) is -0.697. The van der Waals surface area contributed by atoms with Crippen molar-refractivity contribution in [3.05, 3.63) is 0 Å². The highest BCUT2D eigenvalue weighted by molar-refractivity contribution is 5.91. The molecular formula is C12H19N3O3. The van der Waals surface area contributed by atoms with Crippen LogP contribution < -0.4 is 10.6 Å². The average Bonchev–Trinajstić information content (AvgIpc) is 2.73. The van der Waals surface area contributed by atoms with Gasteiger partial charge in [-0.05, 0) is 32.1 Å². The van der Waals surface area contributed by atoms with Crippen LogP contribution in [0.25, 0.3) is 0 Å². The van der Waals surface area contributed by atoms with Crippen molar-refractivity contribution in [3.63, 3.8) is 0 Å². The Kier molecular flexibility index (Phi) is 3.84. The van der Waals surface area contributed by atoms with E-state index in [4.69, 9.17) is 0 Å². The highest BCUT2D eigenvalue weighted by atomic mass is 16.2. The lowest BCUT2D eigenvalue weighted by Gasteiger charge is -2.29. The van der Waals surface area contributed by atoms with Crippen molar-refractivity contribution >= 4 is 18.2 Å². The van der Waals surface area contributed by atoms with Crippen LogP contribution in [0.5, 0.6) is 0 Å². The molecule has 3 atom stereocenters. The second-order valence-corrected chi connectivity index (χ2v) is 4.87. The summed E-state index contributed by atoms with van der Waals surface area (Å²) < 4.78 is 0. The quantitative estimate of drug-likeness (QED) is 0.659. The summed E-state index contributed by atoms with van der Waals surface area (Å²) in [6.07, 6.45) is 4.62. The molecule has 2 fully saturated rings. The lowest BCUT2D eigenvalue weighted by atomic mass is 10.1. The summed E-state index contributed by atoms with van der Waals surface area (Å²) >= 11 is 0. The summed E-state index contributed by atoms with van der Waals surface area (Å²) in [5.41, 5.74) is 0. The van der Waals surface area contributed by atoms with E-state index < -0.39 is 6.04 Å². The van der Waals surface area contributed by atoms with E-state index in [0.717, 1.165) is 19.3 Å². The Morgan fingerprint density at radius 1 is 1.33 bits per heavy atom. The first-order valence-electron chi connectivity index (χ1n) is 6.42. The minimum Gasteiger partial charge on any atom is -0.357 e. The summed E-state index contributed by atoms with van der Waals surface area (Å²) in [5.74, 6) is -0.228. The van der Waals surface area contributed by atoms with Gasteiger partial charge >= 0.3 is 0 Å². The van der Waals surface area contributed by atoms with Crippen LogP contribution in [0.2, 0.25) is 0 Å². The van der Waals surface area contributed by atoms with Gasteiger partial charge in [-0.1, -0.05) is 0 Å². The van der Waals surface area contributed by atoms with Crippen LogP contribution >= 0.6 is 0 Å². The zero-order valence-corrected chi connectivity index (χ0v) is 10.5. The Bertz CT molecular complexity index is 358. The van der Waals surface area contributed by atoms with Crippen molar-refractivity contribution in [1.29, 1.82) is 0 Å². The van der Waals surface area contributed by atoms with E-state index in [9.17, 15) is 14.4 Å². The molecule has 2 heterocycles. The lowest BCUT2D eigenvalue weighted by molar-refractivity contribution is -0.141. The van der Waals surface area contributed by atoms with Gasteiger partial charge in [-0.15, -0.1) is 0 Å². The van der Waals surface area contributed by atoms with Gasteiger partial charge in [0.1, 0.15) is 12.1 Å². The third kappa shape index (κ3) is 2.19. The van der Waals surface area contributed by atoms with Crippen molar-refractivity contribution < 1.29 is 14.4 Å². The third-order valence-electron chi connectivity index (χ3n) is 3.90. The molecule has 0 aliphatic carbocycles. The molecule has 3 unspecified atom stereocenters. The smallest absolute Gasteiger partial charge is 0.246 e. The highest BCUT2D eigenvalue weighted by Gasteiger charge is 2.43. The zero-order valence-electron chi connectivity index (χ0n) is 10.5. The van der Waals surface area contributed by atoms with Crippen LogP contribution in [0.1, 0.15) is 32.1 Å². The number of nitrogens with one attached hydrogen (secondary N) is 2. The largest absolute Gasteiger partial charge is 0.357 e. The maximum atomic E-state index is 12.4. The fraction of sp³-hybridized carbons (Fsp3) is 0.750. The van der Waals surface area contributed by atoms with E-state index in [1.807, 2.05) is 0 Å². The standard InChI is InChI=1S/C12H19N3O3/c1-13-11(17)10-6-5-8-3-2-4-9(14-7-16)12(18)15(8)10/h7-10H,2-6H2,1H3,(H,13,17)(H,14,16). The van der Waals surface area contributed by atoms with E-state index in [-0.39, 0.29) is 23.9 Å². The first kappa shape index (κ1) is 12.9. The number of likely N-dealkylation sites (N-methyl/N-ethyl adjacent to an activating group) is 1. The Balaban J connectivity index is 2.19. The maximum absolute atomic E-state index is 12.4. The summed E-state index contributed by atoms with van der Waals surface area (Å²) in [6.45, 7) is 0. The van der Waals surface area contributed by atoms with Gasteiger partial charge in [0.2, 0.25) is 18.2 Å². The number of fused-ring (bicyclic) bond motifs is 1. The number of carbonyl (C=O) groups is 3. The molecule has 2 saturated heterocycles. The number of carbonyl (C=O) groups excluding carboxylic acids is 3. The lowest BCUT2D eigenvalue weighted by Crippen LogP contribution is -2.53. The van der Waals surface area contributed by atoms with Crippen molar-refractivity contribution in [3.8, 4) is 0 Å². The minimum atomic E-state index is -0.474. The van der Waals surface area contributed by atoms with Gasteiger partial charge in [0.15, 0.2) is 0 Å². The zero-order chi connectivity index (χ0) is 13.1. The molecule has 6 nitrogen and oxygen atoms in total. The average molecular weight is 253 g/mol. The molecule has 0 spiro atoms. The third-order valence-corrected chi connectivity index (χ3v) is 3.90. The van der Waals surface area contributed by atoms with Crippen molar-refractivity contribution in [2.75, 3.05) is 7.05 Å². The van der Waals surface area contributed by atoms with Crippen molar-refractivity contribution in [1.82, 2.24) is 15.5 Å². The number of rotatable bonds is 3. The van der Waals surface area contributed by atoms with E-state index >= 15 is 0 Å². The Hall–Kier alpha value is -1.59. The van der Waals surface area contributed by atoms with E-state index in [1.54, 1.807) is 11.9 Å². The van der Waals surface area contributed by atoms with E-state index in [1.165, 1.54) is 0 Å². The van der Waals surface area contributed by atoms with Gasteiger partial charge in [0.25, 0.3) is 0 Å². The summed E-state index contributed by atoms with van der Waals surface area (Å²) in [7, 11) is 1.58. The maximum Gasteiger partial charge on any atom is 0.246 e. The number of nitrogens with zero attached hydrogens (tertiary/aromatic N) is 1. The highest BCUT2D eigenvalue weighted by Crippen LogP contribution is 2.31. The molecule has 2 N–H and O–H groups in total. The Morgan fingerprint density at radius 2 is 2.11 bits per heavy atom. The molecule has 0 aromatic heterocycles. The van der Waals surface area contributed by atoms with Crippen LogP contribution in [0.4, 0.5) is 0 Å². The Morgan fingerprint density at radius 3 is 2.78 bits per heavy atom. The van der Waals surface area contributed by atoms with E-state index in [0.29, 0.717) is 19.3 Å². The SMILES string of the molecule is CNC(=O)C1CCC2CCCC(NC=O)C(=O)N21. The fourth-order valence-corrected chi connectivity index (χ4v) is 3.02. The normalized spacial score (nSPS) is 31.5. The molecule has 2 rings (SSSR count). The van der Waals surface area contributed by atoms with Crippen LogP contribution in [-0.2, 0) is 14.4 Å². The van der Waals surface area contributed by atoms with Gasteiger partial charge < -0.3 is 15.5 Å². The second kappa shape index (κ2) is 5.37. The van der Waals surface area contributed by atoms with Crippen molar-refractivity contribution in [2.24, 2.45) is 0 Å². The molecular weight excluding hydrogens is 234 g/mol. The van der Waals surface area contributed by atoms with Gasteiger partial charge in [-0.25, -0.2) is 0 Å². The van der Waals surface area contributed by atoms with Crippen LogP contribution in [0.15, 0.2) is 0 Å². The van der Waals surface area contributed by atoms with E-state index in [2.05, 4.69) is 10.6 Å². The molecule has 2 aliphatic heterocycles. The number of hydrogen-bond donors (Lipinski definition) is 2. The first-order chi connectivity index (χ1) is 8.69. The van der Waals surface area contributed by atoms with Gasteiger partial charge in [-0.3, -0.25) is 14.4 Å². The van der Waals surface area contributed by atoms with Crippen LogP contribution in [-0.4, -0.2) is 48.3 Å². The molecule has 6 heteroatoms. The molecule has 2 aliphatic rings. The molecule has 0 bridgehead atoms. The van der Waals surface area contributed by atoms with Crippen molar-refractivity contribution in [2.45, 2.75) is 50.2 Å². The molecule has 100 valence electrons. The topological polar surface area (TPSA) is 78.5 Å². The van der Waals surface area contributed by atoms with Gasteiger partial charge in [0.05, 0.1) is 0 Å². The number of hydrogen-bond acceptors (Lipinski definition) is 3. The van der Waals surface area contributed by atoms with Crippen LogP contribution in [0.3, 0.4) is 0 Å². The van der Waals surface area contributed by atoms with Gasteiger partial charge in [-0.2, -0.15) is 0 Å².